The maximum atomic E-state index is 13.2. The molecule has 0 saturated carbocycles. The molecule has 0 amide bonds. The second kappa shape index (κ2) is 5.74. The van der Waals surface area contributed by atoms with E-state index < -0.39 is 0 Å². The molecular formula is C19H20N2O2S. The van der Waals surface area contributed by atoms with Crippen LogP contribution in [0.4, 0.5) is 0 Å². The summed E-state index contributed by atoms with van der Waals surface area (Å²) in [6, 6.07) is 7.55. The summed E-state index contributed by atoms with van der Waals surface area (Å²) in [6.07, 6.45) is 3.20. The van der Waals surface area contributed by atoms with E-state index in [2.05, 4.69) is 6.92 Å². The number of hydrogen-bond acceptors (Lipinski definition) is 4. The van der Waals surface area contributed by atoms with Gasteiger partial charge in [0.05, 0.1) is 18.2 Å². The van der Waals surface area contributed by atoms with Gasteiger partial charge in [-0.05, 0) is 61.9 Å². The fraction of sp³-hybridized carbons (Fsp3) is 0.368. The van der Waals surface area contributed by atoms with Crippen molar-refractivity contribution in [3.05, 3.63) is 50.9 Å². The minimum Gasteiger partial charge on any atom is -0.497 e. The average molecular weight is 340 g/mol. The number of rotatable bonds is 2. The van der Waals surface area contributed by atoms with Gasteiger partial charge in [-0.1, -0.05) is 6.92 Å². The van der Waals surface area contributed by atoms with Gasteiger partial charge in [0.1, 0.15) is 16.4 Å². The smallest absolute Gasteiger partial charge is 0.267 e. The van der Waals surface area contributed by atoms with E-state index in [9.17, 15) is 4.79 Å². The third-order valence-corrected chi connectivity index (χ3v) is 5.98. The van der Waals surface area contributed by atoms with E-state index >= 15 is 0 Å². The van der Waals surface area contributed by atoms with E-state index in [0.717, 1.165) is 46.7 Å². The van der Waals surface area contributed by atoms with Gasteiger partial charge in [-0.15, -0.1) is 11.3 Å². The maximum absolute atomic E-state index is 13.2. The zero-order chi connectivity index (χ0) is 16.8. The molecule has 1 aliphatic carbocycles. The first kappa shape index (κ1) is 15.4. The van der Waals surface area contributed by atoms with Crippen molar-refractivity contribution >= 4 is 21.6 Å². The Morgan fingerprint density at radius 2 is 2.04 bits per heavy atom. The minimum atomic E-state index is 0.0507. The molecule has 0 bridgehead atoms. The predicted octanol–water partition coefficient (Wildman–Crippen LogP) is 3.89. The second-order valence-electron chi connectivity index (χ2n) is 6.53. The van der Waals surface area contributed by atoms with E-state index in [1.807, 2.05) is 31.2 Å². The maximum Gasteiger partial charge on any atom is 0.267 e. The Hall–Kier alpha value is -2.14. The van der Waals surface area contributed by atoms with E-state index in [1.54, 1.807) is 23.0 Å². The number of fused-ring (bicyclic) bond motifs is 3. The molecular weight excluding hydrogens is 320 g/mol. The Morgan fingerprint density at radius 1 is 1.29 bits per heavy atom. The normalized spacial score (nSPS) is 17.0. The van der Waals surface area contributed by atoms with Gasteiger partial charge in [0, 0.05) is 4.88 Å². The highest BCUT2D eigenvalue weighted by Gasteiger charge is 2.24. The molecule has 24 heavy (non-hydrogen) atoms. The summed E-state index contributed by atoms with van der Waals surface area (Å²) in [5.74, 6) is 2.19. The van der Waals surface area contributed by atoms with Gasteiger partial charge in [0.15, 0.2) is 0 Å². The third kappa shape index (κ3) is 2.35. The van der Waals surface area contributed by atoms with Crippen LogP contribution in [0.15, 0.2) is 29.1 Å². The Kier molecular flexibility index (Phi) is 3.68. The quantitative estimate of drug-likeness (QED) is 0.711. The topological polar surface area (TPSA) is 44.1 Å². The molecule has 1 atom stereocenters. The zero-order valence-corrected chi connectivity index (χ0v) is 14.9. The van der Waals surface area contributed by atoms with Crippen molar-refractivity contribution in [2.24, 2.45) is 5.92 Å². The second-order valence-corrected chi connectivity index (χ2v) is 7.61. The molecule has 124 valence electrons. The van der Waals surface area contributed by atoms with E-state index in [1.165, 1.54) is 10.4 Å². The third-order valence-electron chi connectivity index (χ3n) is 4.83. The lowest BCUT2D eigenvalue weighted by atomic mass is 9.89. The molecule has 4 rings (SSSR count). The monoisotopic (exact) mass is 340 g/mol. The highest BCUT2D eigenvalue weighted by atomic mass is 32.1. The van der Waals surface area contributed by atoms with Crippen LogP contribution in [-0.4, -0.2) is 16.7 Å². The highest BCUT2D eigenvalue weighted by molar-refractivity contribution is 7.18. The van der Waals surface area contributed by atoms with Crippen molar-refractivity contribution < 1.29 is 4.74 Å². The molecule has 2 aromatic heterocycles. The van der Waals surface area contributed by atoms with E-state index in [-0.39, 0.29) is 5.56 Å². The van der Waals surface area contributed by atoms with Crippen LogP contribution in [0, 0.1) is 12.8 Å². The lowest BCUT2D eigenvalue weighted by molar-refractivity contribution is 0.414. The lowest BCUT2D eigenvalue weighted by Crippen LogP contribution is -2.23. The van der Waals surface area contributed by atoms with E-state index in [0.29, 0.717) is 5.92 Å². The average Bonchev–Trinajstić information content (AvgIpc) is 2.92. The number of hydrogen-bond donors (Lipinski definition) is 0. The number of thiophene rings is 1. The summed E-state index contributed by atoms with van der Waals surface area (Å²) >= 11 is 1.70. The van der Waals surface area contributed by atoms with Crippen LogP contribution in [0.1, 0.15) is 29.6 Å². The molecule has 5 heteroatoms. The van der Waals surface area contributed by atoms with Gasteiger partial charge < -0.3 is 4.74 Å². The molecule has 0 N–H and O–H groups in total. The van der Waals surface area contributed by atoms with Gasteiger partial charge in [-0.3, -0.25) is 9.36 Å². The number of nitrogens with zero attached hydrogens (tertiary/aromatic N) is 2. The van der Waals surface area contributed by atoms with E-state index in [4.69, 9.17) is 9.72 Å². The van der Waals surface area contributed by atoms with Crippen LogP contribution in [0.25, 0.3) is 15.9 Å². The van der Waals surface area contributed by atoms with Crippen LogP contribution in [0.5, 0.6) is 5.75 Å². The molecule has 0 aliphatic heterocycles. The number of aromatic nitrogens is 2. The van der Waals surface area contributed by atoms with Crippen molar-refractivity contribution in [2.75, 3.05) is 7.11 Å². The molecule has 0 unspecified atom stereocenters. The van der Waals surface area contributed by atoms with Gasteiger partial charge in [0.25, 0.3) is 5.56 Å². The summed E-state index contributed by atoms with van der Waals surface area (Å²) in [5, 5.41) is 0.823. The number of benzene rings is 1. The van der Waals surface area contributed by atoms with Crippen LogP contribution in [0.3, 0.4) is 0 Å². The summed E-state index contributed by atoms with van der Waals surface area (Å²) in [6.45, 7) is 4.17. The van der Waals surface area contributed by atoms with Crippen molar-refractivity contribution in [2.45, 2.75) is 33.1 Å². The van der Waals surface area contributed by atoms with Crippen LogP contribution < -0.4 is 10.3 Å². The molecule has 0 fully saturated rings. The number of aryl methyl sites for hydroxylation is 2. The van der Waals surface area contributed by atoms with Gasteiger partial charge in [0.2, 0.25) is 0 Å². The Balaban J connectivity index is 1.94. The number of ether oxygens (including phenoxy) is 1. The van der Waals surface area contributed by atoms with Gasteiger partial charge in [-0.2, -0.15) is 0 Å². The van der Waals surface area contributed by atoms with Crippen LogP contribution in [-0.2, 0) is 12.8 Å². The predicted molar refractivity (Wildman–Crippen MR) is 97.7 cm³/mol. The van der Waals surface area contributed by atoms with Crippen molar-refractivity contribution in [1.29, 1.82) is 0 Å². The summed E-state index contributed by atoms with van der Waals surface area (Å²) in [4.78, 5) is 20.2. The Labute approximate surface area is 144 Å². The van der Waals surface area contributed by atoms with Crippen LogP contribution >= 0.6 is 11.3 Å². The molecule has 4 nitrogen and oxygen atoms in total. The fourth-order valence-electron chi connectivity index (χ4n) is 3.53. The molecule has 0 radical (unpaired) electrons. The van der Waals surface area contributed by atoms with Crippen molar-refractivity contribution in [1.82, 2.24) is 9.55 Å². The highest BCUT2D eigenvalue weighted by Crippen LogP contribution is 2.36. The first-order chi connectivity index (χ1) is 11.6. The Bertz CT molecular complexity index is 970. The minimum absolute atomic E-state index is 0.0507. The molecule has 1 aliphatic rings. The summed E-state index contributed by atoms with van der Waals surface area (Å²) in [7, 11) is 1.64. The summed E-state index contributed by atoms with van der Waals surface area (Å²) in [5.41, 5.74) is 2.11. The SMILES string of the molecule is COc1ccc(-n2c(C)nc3sc4c(c3c2=O)CC[C@@H](C)C4)cc1. The molecule has 2 heterocycles. The first-order valence-electron chi connectivity index (χ1n) is 8.27. The number of methoxy groups -OCH3 is 1. The van der Waals surface area contributed by atoms with Gasteiger partial charge >= 0.3 is 0 Å². The standard InChI is InChI=1S/C19H20N2O2S/c1-11-4-9-15-16(10-11)24-18-17(15)19(22)21(12(2)20-18)13-5-7-14(23-3)8-6-13/h5-8,11H,4,9-10H2,1-3H3/t11-/m1/s1. The fourth-order valence-corrected chi connectivity index (χ4v) is 4.95. The first-order valence-corrected chi connectivity index (χ1v) is 9.08. The molecule has 1 aromatic carbocycles. The Morgan fingerprint density at radius 3 is 2.75 bits per heavy atom. The molecule has 0 saturated heterocycles. The van der Waals surface area contributed by atoms with Crippen molar-refractivity contribution in [3.8, 4) is 11.4 Å². The molecule has 0 spiro atoms. The molecule has 3 aromatic rings. The van der Waals surface area contributed by atoms with Crippen molar-refractivity contribution in [3.63, 3.8) is 0 Å². The van der Waals surface area contributed by atoms with Crippen LogP contribution in [0.2, 0.25) is 0 Å². The van der Waals surface area contributed by atoms with Gasteiger partial charge in [-0.25, -0.2) is 4.98 Å². The largest absolute Gasteiger partial charge is 0.497 e. The lowest BCUT2D eigenvalue weighted by Gasteiger charge is -2.17. The summed E-state index contributed by atoms with van der Waals surface area (Å²) < 4.78 is 6.92. The zero-order valence-electron chi connectivity index (χ0n) is 14.1.